The van der Waals surface area contributed by atoms with Crippen molar-refractivity contribution >= 4 is 33.3 Å². The van der Waals surface area contributed by atoms with Gasteiger partial charge in [0.1, 0.15) is 0 Å². The van der Waals surface area contributed by atoms with Gasteiger partial charge >= 0.3 is 0 Å². The zero-order valence-electron chi connectivity index (χ0n) is 11.2. The Morgan fingerprint density at radius 1 is 1.37 bits per heavy atom. The van der Waals surface area contributed by atoms with Gasteiger partial charge in [-0.15, -0.1) is 0 Å². The van der Waals surface area contributed by atoms with E-state index in [1.165, 1.54) is 11.8 Å². The van der Waals surface area contributed by atoms with Crippen LogP contribution in [-0.2, 0) is 4.79 Å². The molecule has 0 fully saturated rings. The highest BCUT2D eigenvalue weighted by molar-refractivity contribution is 9.10. The number of halogens is 1. The molecular formula is C13H17BrN2O3. The second-order valence-corrected chi connectivity index (χ2v) is 5.23. The maximum absolute atomic E-state index is 11.5. The number of benzene rings is 1. The van der Waals surface area contributed by atoms with Crippen LogP contribution < -0.4 is 10.5 Å². The van der Waals surface area contributed by atoms with E-state index in [0.29, 0.717) is 21.5 Å². The van der Waals surface area contributed by atoms with E-state index in [0.717, 1.165) is 0 Å². The van der Waals surface area contributed by atoms with Crippen molar-refractivity contribution in [2.24, 2.45) is 0 Å². The van der Waals surface area contributed by atoms with Crippen LogP contribution >= 0.6 is 15.9 Å². The summed E-state index contributed by atoms with van der Waals surface area (Å²) in [6.07, 6.45) is 0.236. The number of carbonyl (C=O) groups is 2. The Bertz CT molecular complexity index is 501. The van der Waals surface area contributed by atoms with Crippen molar-refractivity contribution in [2.45, 2.75) is 13.3 Å². The summed E-state index contributed by atoms with van der Waals surface area (Å²) in [6.45, 7) is 1.63. The highest BCUT2D eigenvalue weighted by Gasteiger charge is 2.14. The summed E-state index contributed by atoms with van der Waals surface area (Å²) in [4.78, 5) is 24.5. The fourth-order valence-corrected chi connectivity index (χ4v) is 1.98. The van der Waals surface area contributed by atoms with Crippen LogP contribution in [0.2, 0.25) is 0 Å². The zero-order chi connectivity index (χ0) is 14.6. The molecule has 1 rings (SSSR count). The number of ketones is 1. The van der Waals surface area contributed by atoms with Crippen LogP contribution in [-0.4, -0.2) is 37.3 Å². The summed E-state index contributed by atoms with van der Waals surface area (Å²) in [5.41, 5.74) is 6.61. The largest absolute Gasteiger partial charge is 0.490 e. The maximum atomic E-state index is 11.5. The molecule has 0 aliphatic heterocycles. The van der Waals surface area contributed by atoms with Gasteiger partial charge in [-0.1, -0.05) is 15.9 Å². The Morgan fingerprint density at radius 2 is 2.00 bits per heavy atom. The first kappa shape index (κ1) is 15.5. The first-order valence-electron chi connectivity index (χ1n) is 5.75. The van der Waals surface area contributed by atoms with E-state index in [1.54, 1.807) is 26.2 Å². The molecule has 1 aromatic rings. The first-order chi connectivity index (χ1) is 8.82. The average Bonchev–Trinajstić information content (AvgIpc) is 2.30. The lowest BCUT2D eigenvalue weighted by Gasteiger charge is -2.14. The number of anilines is 1. The van der Waals surface area contributed by atoms with E-state index in [4.69, 9.17) is 10.5 Å². The molecule has 0 aliphatic rings. The number of Topliss-reactive ketones (excluding diaryl/α,β-unsaturated/α-hetero) is 1. The molecule has 6 heteroatoms. The molecule has 104 valence electrons. The molecule has 0 unspecified atom stereocenters. The lowest BCUT2D eigenvalue weighted by Crippen LogP contribution is -2.23. The van der Waals surface area contributed by atoms with Crippen molar-refractivity contribution in [1.82, 2.24) is 4.90 Å². The lowest BCUT2D eigenvalue weighted by molar-refractivity contribution is -0.129. The van der Waals surface area contributed by atoms with Crippen LogP contribution in [0.4, 0.5) is 5.69 Å². The summed E-state index contributed by atoms with van der Waals surface area (Å²) < 4.78 is 6.21. The fraction of sp³-hybridized carbons (Fsp3) is 0.385. The molecule has 0 saturated carbocycles. The SMILES string of the molecule is CC(=O)c1cc(Br)cc(N)c1OCCC(=O)N(C)C. The van der Waals surface area contributed by atoms with Gasteiger partial charge in [0.15, 0.2) is 11.5 Å². The lowest BCUT2D eigenvalue weighted by atomic mass is 10.1. The van der Waals surface area contributed by atoms with Crippen molar-refractivity contribution < 1.29 is 14.3 Å². The molecule has 0 aromatic heterocycles. The van der Waals surface area contributed by atoms with E-state index in [9.17, 15) is 9.59 Å². The Balaban J connectivity index is 2.83. The Hall–Kier alpha value is -1.56. The summed E-state index contributed by atoms with van der Waals surface area (Å²) in [7, 11) is 3.36. The van der Waals surface area contributed by atoms with Gasteiger partial charge in [0.25, 0.3) is 0 Å². The van der Waals surface area contributed by atoms with E-state index in [1.807, 2.05) is 0 Å². The molecule has 0 saturated heterocycles. The molecule has 2 N–H and O–H groups in total. The van der Waals surface area contributed by atoms with E-state index < -0.39 is 0 Å². The first-order valence-corrected chi connectivity index (χ1v) is 6.55. The topological polar surface area (TPSA) is 72.6 Å². The predicted octanol–water partition coefficient (Wildman–Crippen LogP) is 2.09. The number of carbonyl (C=O) groups excluding carboxylic acids is 2. The van der Waals surface area contributed by atoms with E-state index in [2.05, 4.69) is 15.9 Å². The monoisotopic (exact) mass is 328 g/mol. The van der Waals surface area contributed by atoms with Crippen LogP contribution in [0.15, 0.2) is 16.6 Å². The summed E-state index contributed by atoms with van der Waals surface area (Å²) >= 11 is 3.28. The molecular weight excluding hydrogens is 312 g/mol. The van der Waals surface area contributed by atoms with Crippen molar-refractivity contribution in [3.05, 3.63) is 22.2 Å². The van der Waals surface area contributed by atoms with Crippen LogP contribution in [0.25, 0.3) is 0 Å². The third kappa shape index (κ3) is 4.24. The summed E-state index contributed by atoms with van der Waals surface area (Å²) in [5, 5.41) is 0. The van der Waals surface area contributed by atoms with Gasteiger partial charge in [-0.05, 0) is 19.1 Å². The minimum absolute atomic E-state index is 0.0416. The van der Waals surface area contributed by atoms with Gasteiger partial charge < -0.3 is 15.4 Å². The number of amides is 1. The molecule has 0 bridgehead atoms. The number of nitrogens with zero attached hydrogens (tertiary/aromatic N) is 1. The molecule has 0 radical (unpaired) electrons. The molecule has 1 amide bonds. The summed E-state index contributed by atoms with van der Waals surface area (Å²) in [6, 6.07) is 3.32. The van der Waals surface area contributed by atoms with Gasteiger partial charge in [-0.25, -0.2) is 0 Å². The van der Waals surface area contributed by atoms with Crippen molar-refractivity contribution in [1.29, 1.82) is 0 Å². The summed E-state index contributed by atoms with van der Waals surface area (Å²) in [5.74, 6) is 0.157. The van der Waals surface area contributed by atoms with Crippen molar-refractivity contribution in [3.63, 3.8) is 0 Å². The molecule has 1 aromatic carbocycles. The highest BCUT2D eigenvalue weighted by Crippen LogP contribution is 2.31. The van der Waals surface area contributed by atoms with Gasteiger partial charge in [0.2, 0.25) is 5.91 Å². The standard InChI is InChI=1S/C13H17BrN2O3/c1-8(17)10-6-9(14)7-11(15)13(10)19-5-4-12(18)16(2)3/h6-7H,4-5,15H2,1-3H3. The number of nitrogen functional groups attached to an aromatic ring is 1. The van der Waals surface area contributed by atoms with Crippen LogP contribution in [0.5, 0.6) is 5.75 Å². The van der Waals surface area contributed by atoms with Crippen molar-refractivity contribution in [2.75, 3.05) is 26.4 Å². The highest BCUT2D eigenvalue weighted by atomic mass is 79.9. The van der Waals surface area contributed by atoms with E-state index in [-0.39, 0.29) is 24.7 Å². The third-order valence-electron chi connectivity index (χ3n) is 2.52. The number of hydrogen-bond acceptors (Lipinski definition) is 4. The number of nitrogens with two attached hydrogens (primary N) is 1. The number of ether oxygens (including phenoxy) is 1. The smallest absolute Gasteiger partial charge is 0.225 e. The predicted molar refractivity (Wildman–Crippen MR) is 77.4 cm³/mol. The quantitative estimate of drug-likeness (QED) is 0.663. The van der Waals surface area contributed by atoms with E-state index >= 15 is 0 Å². The van der Waals surface area contributed by atoms with Crippen LogP contribution in [0.3, 0.4) is 0 Å². The molecule has 0 atom stereocenters. The zero-order valence-corrected chi connectivity index (χ0v) is 12.8. The van der Waals surface area contributed by atoms with Gasteiger partial charge in [-0.3, -0.25) is 9.59 Å². The Morgan fingerprint density at radius 3 is 2.53 bits per heavy atom. The minimum Gasteiger partial charge on any atom is -0.490 e. The van der Waals surface area contributed by atoms with Gasteiger partial charge in [0.05, 0.1) is 24.3 Å². The molecule has 0 aliphatic carbocycles. The minimum atomic E-state index is -0.137. The molecule has 5 nitrogen and oxygen atoms in total. The number of hydrogen-bond donors (Lipinski definition) is 1. The van der Waals surface area contributed by atoms with Crippen molar-refractivity contribution in [3.8, 4) is 5.75 Å². The average molecular weight is 329 g/mol. The van der Waals surface area contributed by atoms with Gasteiger partial charge in [0, 0.05) is 18.6 Å². The van der Waals surface area contributed by atoms with Crippen LogP contribution in [0, 0.1) is 0 Å². The Kier molecular flexibility index (Phi) is 5.35. The second-order valence-electron chi connectivity index (χ2n) is 4.31. The maximum Gasteiger partial charge on any atom is 0.225 e. The molecule has 19 heavy (non-hydrogen) atoms. The van der Waals surface area contributed by atoms with Gasteiger partial charge in [-0.2, -0.15) is 0 Å². The fourth-order valence-electron chi connectivity index (χ4n) is 1.50. The normalized spacial score (nSPS) is 10.1. The third-order valence-corrected chi connectivity index (χ3v) is 2.98. The molecule has 0 heterocycles. The number of rotatable bonds is 5. The molecule has 0 spiro atoms. The Labute approximate surface area is 120 Å². The second kappa shape index (κ2) is 6.56. The van der Waals surface area contributed by atoms with Crippen LogP contribution in [0.1, 0.15) is 23.7 Å².